The van der Waals surface area contributed by atoms with Gasteiger partial charge in [0.15, 0.2) is 5.16 Å². The molecule has 0 bridgehead atoms. The molecule has 0 aliphatic heterocycles. The van der Waals surface area contributed by atoms with Crippen molar-refractivity contribution in [2.75, 3.05) is 7.05 Å². The molecule has 1 aromatic heterocycles. The largest absolute Gasteiger partial charge is 0.339 e. The molecule has 1 heterocycles. The van der Waals surface area contributed by atoms with Gasteiger partial charge >= 0.3 is 11.1 Å². The Morgan fingerprint density at radius 2 is 2.16 bits per heavy atom. The molecule has 1 fully saturated rings. The molecular weight excluding hydrogens is 264 g/mol. The quantitative estimate of drug-likeness (QED) is 0.782. The number of thioether (sulfide) groups is 1. The van der Waals surface area contributed by atoms with Gasteiger partial charge in [-0.2, -0.15) is 4.98 Å². The summed E-state index contributed by atoms with van der Waals surface area (Å²) in [5.41, 5.74) is -1.39. The summed E-state index contributed by atoms with van der Waals surface area (Å²) in [4.78, 5) is 26.4. The number of hydrogen-bond acceptors (Lipinski definition) is 5. The third kappa shape index (κ3) is 3.27. The van der Waals surface area contributed by atoms with Gasteiger partial charge in [-0.15, -0.1) is 0 Å². The van der Waals surface area contributed by atoms with Crippen molar-refractivity contribution in [1.29, 1.82) is 0 Å². The van der Waals surface area contributed by atoms with Crippen molar-refractivity contribution < 1.29 is 0 Å². The van der Waals surface area contributed by atoms with Crippen molar-refractivity contribution in [2.24, 2.45) is 13.0 Å². The lowest BCUT2D eigenvalue weighted by Crippen LogP contribution is -2.41. The van der Waals surface area contributed by atoms with Crippen LogP contribution in [0.15, 0.2) is 14.7 Å². The number of hydrogen-bond donors (Lipinski definition) is 2. The minimum absolute atomic E-state index is 0.373. The van der Waals surface area contributed by atoms with Crippen LogP contribution in [0, 0.1) is 5.92 Å². The average Bonchev–Trinajstić information content (AvgIpc) is 2.36. The zero-order valence-electron chi connectivity index (χ0n) is 11.5. The van der Waals surface area contributed by atoms with E-state index in [1.54, 1.807) is 18.8 Å². The van der Waals surface area contributed by atoms with Gasteiger partial charge in [-0.1, -0.05) is 18.7 Å². The molecule has 3 atom stereocenters. The van der Waals surface area contributed by atoms with Crippen LogP contribution in [0.4, 0.5) is 0 Å². The van der Waals surface area contributed by atoms with Gasteiger partial charge in [0.25, 0.3) is 0 Å². The molecule has 0 amide bonds. The van der Waals surface area contributed by atoms with E-state index >= 15 is 0 Å². The molecule has 0 spiro atoms. The van der Waals surface area contributed by atoms with Crippen LogP contribution in [-0.2, 0) is 7.05 Å². The molecule has 2 N–H and O–H groups in total. The summed E-state index contributed by atoms with van der Waals surface area (Å²) in [7, 11) is 3.67. The Hall–Kier alpha value is -1.08. The van der Waals surface area contributed by atoms with E-state index in [2.05, 4.69) is 22.3 Å². The fourth-order valence-corrected chi connectivity index (χ4v) is 3.96. The minimum Gasteiger partial charge on any atom is -0.316 e. The zero-order valence-corrected chi connectivity index (χ0v) is 12.3. The van der Waals surface area contributed by atoms with E-state index in [9.17, 15) is 9.59 Å². The molecule has 19 heavy (non-hydrogen) atoms. The third-order valence-electron chi connectivity index (χ3n) is 3.63. The van der Waals surface area contributed by atoms with Crippen molar-refractivity contribution in [3.05, 3.63) is 20.7 Å². The Balaban J connectivity index is 2.21. The molecule has 1 aromatic rings. The van der Waals surface area contributed by atoms with E-state index < -0.39 is 11.1 Å². The highest BCUT2D eigenvalue weighted by atomic mass is 32.2. The number of rotatable bonds is 3. The highest BCUT2D eigenvalue weighted by molar-refractivity contribution is 7.99. The van der Waals surface area contributed by atoms with Crippen molar-refractivity contribution in [2.45, 2.75) is 42.6 Å². The predicted molar refractivity (Wildman–Crippen MR) is 75.6 cm³/mol. The third-order valence-corrected chi connectivity index (χ3v) is 5.03. The lowest BCUT2D eigenvalue weighted by molar-refractivity contribution is 0.328. The fraction of sp³-hybridized carbons (Fsp3) is 0.750. The van der Waals surface area contributed by atoms with Crippen molar-refractivity contribution in [3.63, 3.8) is 0 Å². The Morgan fingerprint density at radius 1 is 1.42 bits per heavy atom. The van der Waals surface area contributed by atoms with Crippen molar-refractivity contribution >= 4 is 11.8 Å². The van der Waals surface area contributed by atoms with Gasteiger partial charge in [-0.25, -0.2) is 0 Å². The van der Waals surface area contributed by atoms with Crippen LogP contribution in [0.3, 0.4) is 0 Å². The summed E-state index contributed by atoms with van der Waals surface area (Å²) >= 11 is 1.57. The summed E-state index contributed by atoms with van der Waals surface area (Å²) in [6.07, 6.45) is 3.44. The second-order valence-electron chi connectivity index (χ2n) is 5.17. The lowest BCUT2D eigenvalue weighted by Gasteiger charge is -2.34. The first kappa shape index (κ1) is 14.3. The zero-order chi connectivity index (χ0) is 14.0. The van der Waals surface area contributed by atoms with E-state index in [0.717, 1.165) is 12.8 Å². The first-order chi connectivity index (χ1) is 9.01. The molecule has 0 aromatic carbocycles. The smallest absolute Gasteiger partial charge is 0.316 e. The lowest BCUT2D eigenvalue weighted by atomic mass is 9.87. The summed E-state index contributed by atoms with van der Waals surface area (Å²) in [6, 6.07) is 0.421. The van der Waals surface area contributed by atoms with E-state index in [-0.39, 0.29) is 0 Å². The first-order valence-corrected chi connectivity index (χ1v) is 7.40. The molecule has 106 valence electrons. The molecule has 0 saturated heterocycles. The second kappa shape index (κ2) is 5.92. The van der Waals surface area contributed by atoms with E-state index in [0.29, 0.717) is 22.4 Å². The molecule has 1 aliphatic carbocycles. The number of nitrogens with zero attached hydrogens (tertiary/aromatic N) is 2. The Labute approximate surface area is 116 Å². The molecular formula is C12H20N4O2S. The predicted octanol–water partition coefficient (Wildman–Crippen LogP) is 0.337. The molecule has 1 aliphatic rings. The van der Waals surface area contributed by atoms with Crippen LogP contribution in [0.1, 0.15) is 26.2 Å². The van der Waals surface area contributed by atoms with Crippen LogP contribution in [-0.4, -0.2) is 33.1 Å². The topological polar surface area (TPSA) is 79.8 Å². The molecule has 3 unspecified atom stereocenters. The number of H-pyrrole nitrogens is 1. The van der Waals surface area contributed by atoms with Gasteiger partial charge in [0.1, 0.15) is 0 Å². The highest BCUT2D eigenvalue weighted by Crippen LogP contribution is 2.34. The SMILES string of the molecule is CNC1CCC(C)CC1Sc1nc(=O)c(=O)[nH]n1C. The summed E-state index contributed by atoms with van der Waals surface area (Å²) in [6.45, 7) is 2.25. The van der Waals surface area contributed by atoms with Crippen molar-refractivity contribution in [3.8, 4) is 0 Å². The fourth-order valence-electron chi connectivity index (χ4n) is 2.49. The molecule has 2 rings (SSSR count). The second-order valence-corrected chi connectivity index (χ2v) is 6.38. The van der Waals surface area contributed by atoms with Crippen LogP contribution < -0.4 is 16.4 Å². The van der Waals surface area contributed by atoms with Gasteiger partial charge in [0.05, 0.1) is 0 Å². The first-order valence-electron chi connectivity index (χ1n) is 6.52. The van der Waals surface area contributed by atoms with Crippen molar-refractivity contribution in [1.82, 2.24) is 20.1 Å². The number of nitrogens with one attached hydrogen (secondary N) is 2. The van der Waals surface area contributed by atoms with Gasteiger partial charge in [-0.3, -0.25) is 19.4 Å². The molecule has 7 heteroatoms. The van der Waals surface area contributed by atoms with Crippen LogP contribution >= 0.6 is 11.8 Å². The van der Waals surface area contributed by atoms with Gasteiger partial charge in [0, 0.05) is 18.3 Å². The summed E-state index contributed by atoms with van der Waals surface area (Å²) in [5, 5.41) is 6.76. The highest BCUT2D eigenvalue weighted by Gasteiger charge is 2.29. The Kier molecular flexibility index (Phi) is 4.46. The van der Waals surface area contributed by atoms with Gasteiger partial charge in [-0.05, 0) is 32.2 Å². The number of aromatic nitrogens is 3. The molecule has 1 saturated carbocycles. The maximum atomic E-state index is 11.4. The Morgan fingerprint density at radius 3 is 2.84 bits per heavy atom. The number of aromatic amines is 1. The maximum absolute atomic E-state index is 11.4. The van der Waals surface area contributed by atoms with Crippen LogP contribution in [0.25, 0.3) is 0 Å². The normalized spacial score (nSPS) is 27.4. The van der Waals surface area contributed by atoms with Crippen LogP contribution in [0.2, 0.25) is 0 Å². The van der Waals surface area contributed by atoms with Crippen LogP contribution in [0.5, 0.6) is 0 Å². The monoisotopic (exact) mass is 284 g/mol. The standard InChI is InChI=1S/C12H20N4O2S/c1-7-4-5-8(13-2)9(6-7)19-12-14-10(17)11(18)15-16(12)3/h7-9,13H,4-6H2,1-3H3,(H,15,18). The summed E-state index contributed by atoms with van der Waals surface area (Å²) < 4.78 is 1.53. The van der Waals surface area contributed by atoms with Gasteiger partial charge in [0.2, 0.25) is 0 Å². The summed E-state index contributed by atoms with van der Waals surface area (Å²) in [5.74, 6) is 0.682. The van der Waals surface area contributed by atoms with E-state index in [1.807, 2.05) is 7.05 Å². The number of aryl methyl sites for hydroxylation is 1. The van der Waals surface area contributed by atoms with Gasteiger partial charge < -0.3 is 5.32 Å². The minimum atomic E-state index is -0.717. The molecule has 0 radical (unpaired) electrons. The Bertz CT molecular complexity index is 553. The maximum Gasteiger partial charge on any atom is 0.339 e. The van der Waals surface area contributed by atoms with E-state index in [4.69, 9.17) is 0 Å². The van der Waals surface area contributed by atoms with E-state index in [1.165, 1.54) is 11.1 Å². The molecule has 6 nitrogen and oxygen atoms in total. The average molecular weight is 284 g/mol.